The van der Waals surface area contributed by atoms with Crippen LogP contribution in [0.25, 0.3) is 112 Å². The SMILES string of the molecule is c1ccc(-c2nc(-c3ccc(-c4ccccc4-n4c5ccccc5c5ccccc54)nc3)nc(-c3ccc(-n4c5ccccc5c5ccccc54)c(-c4ccccc4)c3)n2)cc1. The van der Waals surface area contributed by atoms with E-state index in [0.717, 1.165) is 72.5 Å². The molecule has 4 heterocycles. The Morgan fingerprint density at radius 2 is 0.710 bits per heavy atom. The predicted octanol–water partition coefficient (Wildman–Crippen LogP) is 13.8. The van der Waals surface area contributed by atoms with Crippen molar-refractivity contribution in [2.24, 2.45) is 0 Å². The molecule has 12 aromatic rings. The second-order valence-electron chi connectivity index (χ2n) is 15.5. The lowest BCUT2D eigenvalue weighted by Crippen LogP contribution is -2.02. The topological polar surface area (TPSA) is 61.4 Å². The lowest BCUT2D eigenvalue weighted by molar-refractivity contribution is 1.07. The van der Waals surface area contributed by atoms with Gasteiger partial charge in [0.25, 0.3) is 0 Å². The Morgan fingerprint density at radius 3 is 1.24 bits per heavy atom. The van der Waals surface area contributed by atoms with Crippen molar-refractivity contribution in [3.8, 4) is 67.9 Å². The van der Waals surface area contributed by atoms with E-state index >= 15 is 0 Å². The molecule has 290 valence electrons. The third-order valence-electron chi connectivity index (χ3n) is 11.9. The average molecular weight is 793 g/mol. The second kappa shape index (κ2) is 14.7. The van der Waals surface area contributed by atoms with E-state index in [2.05, 4.69) is 191 Å². The van der Waals surface area contributed by atoms with Gasteiger partial charge in [-0.2, -0.15) is 0 Å². The Morgan fingerprint density at radius 1 is 0.290 bits per heavy atom. The summed E-state index contributed by atoms with van der Waals surface area (Å²) >= 11 is 0. The van der Waals surface area contributed by atoms with Crippen LogP contribution in [0.4, 0.5) is 0 Å². The van der Waals surface area contributed by atoms with E-state index in [4.69, 9.17) is 19.9 Å². The molecule has 6 heteroatoms. The van der Waals surface area contributed by atoms with E-state index in [1.54, 1.807) is 0 Å². The molecule has 0 N–H and O–H groups in total. The molecule has 0 atom stereocenters. The van der Waals surface area contributed by atoms with Crippen LogP contribution in [0.5, 0.6) is 0 Å². The van der Waals surface area contributed by atoms with Gasteiger partial charge >= 0.3 is 0 Å². The molecule has 0 fully saturated rings. The highest BCUT2D eigenvalue weighted by atomic mass is 15.0. The first-order valence-corrected chi connectivity index (χ1v) is 20.8. The molecule has 0 aliphatic rings. The van der Waals surface area contributed by atoms with E-state index in [1.165, 1.54) is 21.5 Å². The fourth-order valence-corrected chi connectivity index (χ4v) is 9.00. The van der Waals surface area contributed by atoms with Gasteiger partial charge in [-0.3, -0.25) is 4.98 Å². The van der Waals surface area contributed by atoms with Gasteiger partial charge < -0.3 is 9.13 Å². The molecule has 4 aromatic heterocycles. The summed E-state index contributed by atoms with van der Waals surface area (Å²) < 4.78 is 4.72. The molecule has 6 nitrogen and oxygen atoms in total. The maximum atomic E-state index is 5.18. The largest absolute Gasteiger partial charge is 0.309 e. The van der Waals surface area contributed by atoms with Crippen molar-refractivity contribution in [3.63, 3.8) is 0 Å². The summed E-state index contributed by atoms with van der Waals surface area (Å²) in [5.41, 5.74) is 13.4. The number of aromatic nitrogens is 6. The highest BCUT2D eigenvalue weighted by molar-refractivity contribution is 6.11. The smallest absolute Gasteiger partial charge is 0.165 e. The van der Waals surface area contributed by atoms with Gasteiger partial charge in [0.2, 0.25) is 0 Å². The Balaban J connectivity index is 0.997. The Kier molecular flexibility index (Phi) is 8.38. The first-order valence-electron chi connectivity index (χ1n) is 20.8. The van der Waals surface area contributed by atoms with Crippen molar-refractivity contribution in [3.05, 3.63) is 219 Å². The number of fused-ring (bicyclic) bond motifs is 6. The minimum Gasteiger partial charge on any atom is -0.309 e. The summed E-state index contributed by atoms with van der Waals surface area (Å²) in [7, 11) is 0. The Hall–Kier alpha value is -8.48. The average Bonchev–Trinajstić information content (AvgIpc) is 3.87. The van der Waals surface area contributed by atoms with Crippen LogP contribution in [0.1, 0.15) is 0 Å². The zero-order valence-corrected chi connectivity index (χ0v) is 33.5. The van der Waals surface area contributed by atoms with Gasteiger partial charge in [0.1, 0.15) is 0 Å². The number of para-hydroxylation sites is 5. The van der Waals surface area contributed by atoms with Crippen LogP contribution < -0.4 is 0 Å². The number of hydrogen-bond acceptors (Lipinski definition) is 4. The molecule has 8 aromatic carbocycles. The molecule has 0 aliphatic carbocycles. The summed E-state index contributed by atoms with van der Waals surface area (Å²) in [5.74, 6) is 1.73. The summed E-state index contributed by atoms with van der Waals surface area (Å²) in [6.07, 6.45) is 1.88. The number of pyridine rings is 1. The minimum absolute atomic E-state index is 0.552. The molecule has 0 bridgehead atoms. The van der Waals surface area contributed by atoms with Crippen LogP contribution in [-0.2, 0) is 0 Å². The van der Waals surface area contributed by atoms with E-state index in [0.29, 0.717) is 17.5 Å². The first-order chi connectivity index (χ1) is 30.8. The van der Waals surface area contributed by atoms with Crippen molar-refractivity contribution in [1.82, 2.24) is 29.1 Å². The van der Waals surface area contributed by atoms with Crippen LogP contribution >= 0.6 is 0 Å². The van der Waals surface area contributed by atoms with Crippen LogP contribution in [0.3, 0.4) is 0 Å². The normalized spacial score (nSPS) is 11.5. The van der Waals surface area contributed by atoms with E-state index in [9.17, 15) is 0 Å². The van der Waals surface area contributed by atoms with Gasteiger partial charge in [-0.25, -0.2) is 15.0 Å². The van der Waals surface area contributed by atoms with Crippen molar-refractivity contribution >= 4 is 43.6 Å². The van der Waals surface area contributed by atoms with Gasteiger partial charge in [-0.05, 0) is 66.2 Å². The van der Waals surface area contributed by atoms with Crippen molar-refractivity contribution in [1.29, 1.82) is 0 Å². The number of rotatable bonds is 7. The molecule has 0 spiro atoms. The van der Waals surface area contributed by atoms with E-state index in [-0.39, 0.29) is 0 Å². The second-order valence-corrected chi connectivity index (χ2v) is 15.5. The molecule has 0 aliphatic heterocycles. The zero-order chi connectivity index (χ0) is 41.0. The molecule has 0 radical (unpaired) electrons. The molecule has 12 rings (SSSR count). The minimum atomic E-state index is 0.552. The van der Waals surface area contributed by atoms with Gasteiger partial charge in [-0.15, -0.1) is 0 Å². The maximum absolute atomic E-state index is 5.18. The number of benzene rings is 8. The summed E-state index contributed by atoms with van der Waals surface area (Å²) in [5, 5.41) is 4.88. The molecule has 0 saturated heterocycles. The van der Waals surface area contributed by atoms with Gasteiger partial charge in [-0.1, -0.05) is 152 Å². The highest BCUT2D eigenvalue weighted by Gasteiger charge is 2.20. The molecule has 0 amide bonds. The third-order valence-corrected chi connectivity index (χ3v) is 11.9. The van der Waals surface area contributed by atoms with E-state index < -0.39 is 0 Å². The fourth-order valence-electron chi connectivity index (χ4n) is 9.00. The number of hydrogen-bond donors (Lipinski definition) is 0. The van der Waals surface area contributed by atoms with Crippen LogP contribution in [-0.4, -0.2) is 29.1 Å². The highest BCUT2D eigenvalue weighted by Crippen LogP contribution is 2.39. The summed E-state index contributed by atoms with van der Waals surface area (Å²) in [4.78, 5) is 20.5. The van der Waals surface area contributed by atoms with E-state index in [1.807, 2.05) is 36.5 Å². The molecule has 0 saturated carbocycles. The quantitative estimate of drug-likeness (QED) is 0.161. The summed E-state index contributed by atoms with van der Waals surface area (Å²) in [6.45, 7) is 0. The van der Waals surface area contributed by atoms with Gasteiger partial charge in [0, 0.05) is 55.6 Å². The first kappa shape index (κ1) is 35.5. The zero-order valence-electron chi connectivity index (χ0n) is 33.5. The molecular formula is C56H36N6. The monoisotopic (exact) mass is 792 g/mol. The van der Waals surface area contributed by atoms with Gasteiger partial charge in [0.15, 0.2) is 17.5 Å². The fraction of sp³-hybridized carbons (Fsp3) is 0. The van der Waals surface area contributed by atoms with Gasteiger partial charge in [0.05, 0.1) is 39.1 Å². The standard InChI is InChI=1S/C56H36N6/c1-3-17-37(18-4-1)46-35-39(32-34-53(46)62-50-28-14-9-23-43(50)44-24-10-15-29-51(44)62)55-58-54(38-19-5-2-6-20-38)59-56(60-55)40-31-33-47(57-36-40)45-25-11-16-30-52(45)61-48-26-12-7-21-41(48)42-22-8-13-27-49(42)61/h1-36H. The molecular weight excluding hydrogens is 757 g/mol. The Labute approximate surface area is 357 Å². The lowest BCUT2D eigenvalue weighted by Gasteiger charge is -2.16. The van der Waals surface area contributed by atoms with Crippen molar-refractivity contribution in [2.45, 2.75) is 0 Å². The molecule has 62 heavy (non-hydrogen) atoms. The summed E-state index contributed by atoms with van der Waals surface area (Å²) in [6, 6.07) is 74.2. The lowest BCUT2D eigenvalue weighted by atomic mass is 10.00. The predicted molar refractivity (Wildman–Crippen MR) is 253 cm³/mol. The van der Waals surface area contributed by atoms with Crippen LogP contribution in [0, 0.1) is 0 Å². The Bertz CT molecular complexity index is 3520. The third kappa shape index (κ3) is 5.88. The number of nitrogens with zero attached hydrogens (tertiary/aromatic N) is 6. The van der Waals surface area contributed by atoms with Crippen molar-refractivity contribution < 1.29 is 0 Å². The molecule has 0 unspecified atom stereocenters. The maximum Gasteiger partial charge on any atom is 0.165 e. The van der Waals surface area contributed by atoms with Crippen molar-refractivity contribution in [2.75, 3.05) is 0 Å². The van der Waals surface area contributed by atoms with Crippen LogP contribution in [0.15, 0.2) is 219 Å². The van der Waals surface area contributed by atoms with Crippen LogP contribution in [0.2, 0.25) is 0 Å².